The van der Waals surface area contributed by atoms with Crippen molar-refractivity contribution in [3.05, 3.63) is 96.2 Å². The molecule has 0 aliphatic heterocycles. The highest BCUT2D eigenvalue weighted by Crippen LogP contribution is 2.30. The first-order chi connectivity index (χ1) is 19.6. The Hall–Kier alpha value is -3.95. The van der Waals surface area contributed by atoms with Crippen molar-refractivity contribution in [1.82, 2.24) is 14.8 Å². The molecule has 4 aromatic rings. The number of benzene rings is 3. The van der Waals surface area contributed by atoms with E-state index in [4.69, 9.17) is 4.74 Å². The molecule has 216 valence electrons. The highest BCUT2D eigenvalue weighted by Gasteiger charge is 2.24. The van der Waals surface area contributed by atoms with Gasteiger partial charge in [0.05, 0.1) is 18.3 Å². The molecule has 8 nitrogen and oxygen atoms in total. The van der Waals surface area contributed by atoms with E-state index in [-0.39, 0.29) is 27.7 Å². The SMILES string of the molecule is CCN(CCN(C)CC(C)(C)c1ccccc1)C(=O)c1ccc(NS(=O)(=O)c2cccc3cccnc23)c(OC)c1. The van der Waals surface area contributed by atoms with Crippen LogP contribution in [0.2, 0.25) is 0 Å². The number of fused-ring (bicyclic) bond motifs is 1. The van der Waals surface area contributed by atoms with Gasteiger partial charge in [0.25, 0.3) is 15.9 Å². The number of ether oxygens (including phenoxy) is 1. The minimum absolute atomic E-state index is 0.0320. The number of hydrogen-bond donors (Lipinski definition) is 1. The summed E-state index contributed by atoms with van der Waals surface area (Å²) in [7, 11) is -0.459. The van der Waals surface area contributed by atoms with Crippen molar-refractivity contribution in [1.29, 1.82) is 0 Å². The Kier molecular flexibility index (Phi) is 9.30. The minimum atomic E-state index is -3.97. The van der Waals surface area contributed by atoms with Crippen molar-refractivity contribution in [3.63, 3.8) is 0 Å². The molecular formula is C32H38N4O4S. The Morgan fingerprint density at radius 3 is 2.41 bits per heavy atom. The van der Waals surface area contributed by atoms with E-state index in [0.29, 0.717) is 30.7 Å². The Morgan fingerprint density at radius 2 is 1.71 bits per heavy atom. The van der Waals surface area contributed by atoms with Crippen LogP contribution in [0.25, 0.3) is 10.9 Å². The van der Waals surface area contributed by atoms with Gasteiger partial charge in [-0.3, -0.25) is 14.5 Å². The lowest BCUT2D eigenvalue weighted by Crippen LogP contribution is -2.41. The van der Waals surface area contributed by atoms with E-state index in [2.05, 4.69) is 59.8 Å². The minimum Gasteiger partial charge on any atom is -0.495 e. The number of methoxy groups -OCH3 is 1. The van der Waals surface area contributed by atoms with Gasteiger partial charge in [-0.15, -0.1) is 0 Å². The predicted molar refractivity (Wildman–Crippen MR) is 164 cm³/mol. The Labute approximate surface area is 243 Å². The molecule has 0 atom stereocenters. The first-order valence-corrected chi connectivity index (χ1v) is 15.1. The van der Waals surface area contributed by atoms with E-state index in [1.807, 2.05) is 25.1 Å². The number of sulfonamides is 1. The van der Waals surface area contributed by atoms with Gasteiger partial charge in [0.15, 0.2) is 0 Å². The molecule has 0 unspecified atom stereocenters. The molecule has 0 aliphatic carbocycles. The number of aromatic nitrogens is 1. The molecule has 1 N–H and O–H groups in total. The summed E-state index contributed by atoms with van der Waals surface area (Å²) in [4.78, 5) is 21.8. The van der Waals surface area contributed by atoms with E-state index in [1.165, 1.54) is 18.7 Å². The quantitative estimate of drug-likeness (QED) is 0.243. The van der Waals surface area contributed by atoms with Crippen LogP contribution in [0, 0.1) is 0 Å². The van der Waals surface area contributed by atoms with Crippen LogP contribution >= 0.6 is 0 Å². The number of carbonyl (C=O) groups excluding carboxylic acids is 1. The van der Waals surface area contributed by atoms with Gasteiger partial charge < -0.3 is 14.5 Å². The summed E-state index contributed by atoms with van der Waals surface area (Å²) < 4.78 is 34.7. The van der Waals surface area contributed by atoms with E-state index in [1.54, 1.807) is 41.4 Å². The van der Waals surface area contributed by atoms with Crippen molar-refractivity contribution in [2.75, 3.05) is 45.1 Å². The zero-order valence-electron chi connectivity index (χ0n) is 24.3. The largest absolute Gasteiger partial charge is 0.495 e. The van der Waals surface area contributed by atoms with Crippen molar-refractivity contribution >= 4 is 32.5 Å². The van der Waals surface area contributed by atoms with Crippen molar-refractivity contribution < 1.29 is 17.9 Å². The summed E-state index contributed by atoms with van der Waals surface area (Å²) >= 11 is 0. The number of rotatable bonds is 12. The third-order valence-electron chi connectivity index (χ3n) is 7.22. The van der Waals surface area contributed by atoms with Crippen LogP contribution in [0.5, 0.6) is 5.75 Å². The fourth-order valence-corrected chi connectivity index (χ4v) is 6.26. The summed E-state index contributed by atoms with van der Waals surface area (Å²) in [6, 6.07) is 23.7. The normalized spacial score (nSPS) is 12.0. The first-order valence-electron chi connectivity index (χ1n) is 13.6. The molecule has 0 radical (unpaired) electrons. The molecule has 0 saturated carbocycles. The average molecular weight is 575 g/mol. The number of nitrogens with one attached hydrogen (secondary N) is 1. The van der Waals surface area contributed by atoms with Crippen molar-refractivity contribution in [2.45, 2.75) is 31.1 Å². The molecule has 0 fully saturated rings. The molecule has 0 aliphatic rings. The molecule has 0 bridgehead atoms. The van der Waals surface area contributed by atoms with Gasteiger partial charge in [-0.05, 0) is 49.9 Å². The molecule has 1 heterocycles. The van der Waals surface area contributed by atoms with E-state index < -0.39 is 10.0 Å². The topological polar surface area (TPSA) is 91.8 Å². The predicted octanol–water partition coefficient (Wildman–Crippen LogP) is 5.42. The van der Waals surface area contributed by atoms with Crippen LogP contribution in [-0.4, -0.2) is 69.4 Å². The lowest BCUT2D eigenvalue weighted by molar-refractivity contribution is 0.0746. The van der Waals surface area contributed by atoms with Gasteiger partial charge in [-0.1, -0.05) is 62.4 Å². The average Bonchev–Trinajstić information content (AvgIpc) is 2.97. The van der Waals surface area contributed by atoms with Crippen LogP contribution in [0.3, 0.4) is 0 Å². The maximum atomic E-state index is 13.4. The van der Waals surface area contributed by atoms with E-state index in [9.17, 15) is 13.2 Å². The Morgan fingerprint density at radius 1 is 0.976 bits per heavy atom. The molecule has 1 aromatic heterocycles. The smallest absolute Gasteiger partial charge is 0.264 e. The molecule has 0 saturated heterocycles. The van der Waals surface area contributed by atoms with Gasteiger partial charge in [-0.25, -0.2) is 8.42 Å². The standard InChI is InChI=1S/C32H38N4O4S/c1-6-36(21-20-35(4)23-32(2,3)26-14-8-7-9-15-26)31(37)25-17-18-27(28(22-25)40-5)34-41(38,39)29-16-10-12-24-13-11-19-33-30(24)29/h7-19,22,34H,6,20-21,23H2,1-5H3. The summed E-state index contributed by atoms with van der Waals surface area (Å²) in [5, 5.41) is 0.720. The summed E-state index contributed by atoms with van der Waals surface area (Å²) in [6.07, 6.45) is 1.56. The summed E-state index contributed by atoms with van der Waals surface area (Å²) in [5.41, 5.74) is 2.28. The highest BCUT2D eigenvalue weighted by atomic mass is 32.2. The molecule has 41 heavy (non-hydrogen) atoms. The number of pyridine rings is 1. The number of hydrogen-bond acceptors (Lipinski definition) is 6. The fourth-order valence-electron chi connectivity index (χ4n) is 5.01. The van der Waals surface area contributed by atoms with Crippen LogP contribution in [-0.2, 0) is 15.4 Å². The number of carbonyl (C=O) groups is 1. The molecular weight excluding hydrogens is 536 g/mol. The third kappa shape index (κ3) is 7.04. The Bertz CT molecular complexity index is 1600. The van der Waals surface area contributed by atoms with Crippen LogP contribution < -0.4 is 9.46 Å². The molecule has 1 amide bonds. The van der Waals surface area contributed by atoms with Gasteiger partial charge in [0, 0.05) is 48.7 Å². The number of para-hydroxylation sites is 1. The summed E-state index contributed by atoms with van der Waals surface area (Å²) in [5.74, 6) is 0.111. The second-order valence-electron chi connectivity index (χ2n) is 10.7. The zero-order chi connectivity index (χ0) is 29.6. The maximum absolute atomic E-state index is 13.4. The third-order valence-corrected chi connectivity index (χ3v) is 8.62. The number of likely N-dealkylation sites (N-methyl/N-ethyl adjacent to an activating group) is 2. The lowest BCUT2D eigenvalue weighted by atomic mass is 9.84. The summed E-state index contributed by atoms with van der Waals surface area (Å²) in [6.45, 7) is 9.05. The molecule has 9 heteroatoms. The van der Waals surface area contributed by atoms with Crippen LogP contribution in [0.1, 0.15) is 36.7 Å². The van der Waals surface area contributed by atoms with Gasteiger partial charge in [0.2, 0.25) is 0 Å². The van der Waals surface area contributed by atoms with Crippen LogP contribution in [0.4, 0.5) is 5.69 Å². The number of anilines is 1. The molecule has 0 spiro atoms. The Balaban J connectivity index is 1.46. The van der Waals surface area contributed by atoms with Gasteiger partial charge in [-0.2, -0.15) is 0 Å². The van der Waals surface area contributed by atoms with Crippen molar-refractivity contribution in [2.24, 2.45) is 0 Å². The van der Waals surface area contributed by atoms with E-state index >= 15 is 0 Å². The monoisotopic (exact) mass is 574 g/mol. The van der Waals surface area contributed by atoms with Gasteiger partial charge >= 0.3 is 0 Å². The van der Waals surface area contributed by atoms with E-state index in [0.717, 1.165) is 11.9 Å². The first kappa shape index (κ1) is 30.0. The molecule has 3 aromatic carbocycles. The zero-order valence-corrected chi connectivity index (χ0v) is 25.1. The number of amides is 1. The van der Waals surface area contributed by atoms with Crippen LogP contribution in [0.15, 0.2) is 90.0 Å². The lowest BCUT2D eigenvalue weighted by Gasteiger charge is -2.32. The van der Waals surface area contributed by atoms with Crippen molar-refractivity contribution in [3.8, 4) is 5.75 Å². The fraction of sp³-hybridized carbons (Fsp3) is 0.312. The molecule has 4 rings (SSSR count). The van der Waals surface area contributed by atoms with Gasteiger partial charge in [0.1, 0.15) is 10.6 Å². The highest BCUT2D eigenvalue weighted by molar-refractivity contribution is 7.93. The second kappa shape index (κ2) is 12.7. The number of nitrogens with zero attached hydrogens (tertiary/aromatic N) is 3. The maximum Gasteiger partial charge on any atom is 0.264 e. The second-order valence-corrected chi connectivity index (χ2v) is 12.4.